The van der Waals surface area contributed by atoms with E-state index in [1.54, 1.807) is 11.0 Å². The summed E-state index contributed by atoms with van der Waals surface area (Å²) in [6.45, 7) is 1.57. The highest BCUT2D eigenvalue weighted by Gasteiger charge is 2.30. The molecule has 21 heavy (non-hydrogen) atoms. The highest BCUT2D eigenvalue weighted by molar-refractivity contribution is 7.22. The SMILES string of the molecule is O=C(O)[C@H]1CNCCN1c1nc2cc([N+](=O)[O-])ccc2s1. The van der Waals surface area contributed by atoms with Crippen molar-refractivity contribution in [3.63, 3.8) is 0 Å². The first-order chi connectivity index (χ1) is 10.1. The number of thiazole rings is 1. The first-order valence-electron chi connectivity index (χ1n) is 6.31. The molecule has 9 heteroatoms. The number of carbonyl (C=O) groups is 1. The molecule has 1 aromatic carbocycles. The van der Waals surface area contributed by atoms with E-state index in [0.717, 1.165) is 4.70 Å². The molecule has 0 amide bonds. The zero-order chi connectivity index (χ0) is 15.0. The minimum Gasteiger partial charge on any atom is -0.480 e. The first-order valence-corrected chi connectivity index (χ1v) is 7.13. The van der Waals surface area contributed by atoms with Gasteiger partial charge in [0, 0.05) is 31.8 Å². The van der Waals surface area contributed by atoms with Crippen molar-refractivity contribution in [3.05, 3.63) is 28.3 Å². The van der Waals surface area contributed by atoms with Gasteiger partial charge in [-0.15, -0.1) is 0 Å². The standard InChI is InChI=1S/C12H12N4O4S/c17-11(18)9-6-13-3-4-15(9)12-14-8-5-7(16(19)20)1-2-10(8)21-12/h1-2,5,9,13H,3-4,6H2,(H,17,18)/t9-/m1/s1. The normalized spacial score (nSPS) is 18.9. The molecule has 1 saturated heterocycles. The molecule has 110 valence electrons. The predicted molar refractivity (Wildman–Crippen MR) is 77.9 cm³/mol. The van der Waals surface area contributed by atoms with Crippen LogP contribution in [0.3, 0.4) is 0 Å². The Bertz CT molecular complexity index is 716. The van der Waals surface area contributed by atoms with Crippen LogP contribution in [0.1, 0.15) is 0 Å². The molecule has 0 unspecified atom stereocenters. The van der Waals surface area contributed by atoms with E-state index in [9.17, 15) is 20.0 Å². The van der Waals surface area contributed by atoms with E-state index in [2.05, 4.69) is 10.3 Å². The van der Waals surface area contributed by atoms with Gasteiger partial charge in [-0.05, 0) is 6.07 Å². The van der Waals surface area contributed by atoms with Crippen molar-refractivity contribution in [2.75, 3.05) is 24.5 Å². The van der Waals surface area contributed by atoms with E-state index in [0.29, 0.717) is 30.3 Å². The lowest BCUT2D eigenvalue weighted by molar-refractivity contribution is -0.384. The number of aliphatic carboxylic acids is 1. The van der Waals surface area contributed by atoms with Crippen LogP contribution < -0.4 is 10.2 Å². The number of benzene rings is 1. The number of rotatable bonds is 3. The number of hydrogen-bond donors (Lipinski definition) is 2. The van der Waals surface area contributed by atoms with Gasteiger partial charge in [-0.2, -0.15) is 0 Å². The van der Waals surface area contributed by atoms with Crippen LogP contribution in [0, 0.1) is 10.1 Å². The van der Waals surface area contributed by atoms with Crippen LogP contribution in [0.4, 0.5) is 10.8 Å². The quantitative estimate of drug-likeness (QED) is 0.644. The van der Waals surface area contributed by atoms with Gasteiger partial charge in [0.1, 0.15) is 6.04 Å². The van der Waals surface area contributed by atoms with Crippen molar-refractivity contribution < 1.29 is 14.8 Å². The summed E-state index contributed by atoms with van der Waals surface area (Å²) < 4.78 is 0.804. The molecule has 0 aliphatic carbocycles. The van der Waals surface area contributed by atoms with E-state index in [1.165, 1.54) is 23.5 Å². The lowest BCUT2D eigenvalue weighted by Crippen LogP contribution is -2.55. The van der Waals surface area contributed by atoms with E-state index in [-0.39, 0.29) is 5.69 Å². The fraction of sp³-hybridized carbons (Fsp3) is 0.333. The number of non-ortho nitro benzene ring substituents is 1. The maximum absolute atomic E-state index is 11.3. The number of fused-ring (bicyclic) bond motifs is 1. The molecule has 0 radical (unpaired) electrons. The second kappa shape index (κ2) is 5.26. The van der Waals surface area contributed by atoms with E-state index in [1.807, 2.05) is 0 Å². The molecule has 8 nitrogen and oxygen atoms in total. The van der Waals surface area contributed by atoms with Crippen molar-refractivity contribution in [3.8, 4) is 0 Å². The molecule has 1 atom stereocenters. The molecular weight excluding hydrogens is 296 g/mol. The number of nitrogens with zero attached hydrogens (tertiary/aromatic N) is 3. The second-order valence-corrected chi connectivity index (χ2v) is 5.67. The van der Waals surface area contributed by atoms with Gasteiger partial charge in [0.15, 0.2) is 5.13 Å². The molecule has 0 bridgehead atoms. The zero-order valence-corrected chi connectivity index (χ0v) is 11.7. The number of nitrogens with one attached hydrogen (secondary N) is 1. The zero-order valence-electron chi connectivity index (χ0n) is 10.9. The largest absolute Gasteiger partial charge is 0.480 e. The lowest BCUT2D eigenvalue weighted by Gasteiger charge is -2.33. The summed E-state index contributed by atoms with van der Waals surface area (Å²) in [6.07, 6.45) is 0. The van der Waals surface area contributed by atoms with Crippen LogP contribution >= 0.6 is 11.3 Å². The van der Waals surface area contributed by atoms with Crippen LogP contribution in [-0.2, 0) is 4.79 Å². The summed E-state index contributed by atoms with van der Waals surface area (Å²) in [4.78, 5) is 27.7. The van der Waals surface area contributed by atoms with Crippen molar-refractivity contribution >= 4 is 38.3 Å². The van der Waals surface area contributed by atoms with Crippen LogP contribution in [0.2, 0.25) is 0 Å². The van der Waals surface area contributed by atoms with Crippen molar-refractivity contribution in [1.82, 2.24) is 10.3 Å². The predicted octanol–water partition coefficient (Wildman–Crippen LogP) is 1.07. The number of piperazine rings is 1. The number of carboxylic acid groups (broad SMARTS) is 1. The smallest absolute Gasteiger partial charge is 0.327 e. The van der Waals surface area contributed by atoms with Crippen LogP contribution in [-0.4, -0.2) is 46.7 Å². The maximum Gasteiger partial charge on any atom is 0.327 e. The molecule has 2 heterocycles. The maximum atomic E-state index is 11.3. The van der Waals surface area contributed by atoms with Crippen LogP contribution in [0.15, 0.2) is 18.2 Å². The third kappa shape index (κ3) is 2.52. The number of hydrogen-bond acceptors (Lipinski definition) is 7. The Labute approximate surface area is 123 Å². The third-order valence-corrected chi connectivity index (χ3v) is 4.42. The van der Waals surface area contributed by atoms with Gasteiger partial charge in [-0.3, -0.25) is 10.1 Å². The Hall–Kier alpha value is -2.26. The summed E-state index contributed by atoms with van der Waals surface area (Å²) in [5, 5.41) is 23.7. The van der Waals surface area contributed by atoms with Crippen molar-refractivity contribution in [1.29, 1.82) is 0 Å². The monoisotopic (exact) mass is 308 g/mol. The summed E-state index contributed by atoms with van der Waals surface area (Å²) >= 11 is 1.35. The van der Waals surface area contributed by atoms with E-state index in [4.69, 9.17) is 0 Å². The highest BCUT2D eigenvalue weighted by Crippen LogP contribution is 2.32. The summed E-state index contributed by atoms with van der Waals surface area (Å²) in [5.41, 5.74) is 0.501. The Balaban J connectivity index is 1.99. The molecule has 1 aromatic heterocycles. The first kappa shape index (κ1) is 13.7. The van der Waals surface area contributed by atoms with Gasteiger partial charge in [0.2, 0.25) is 0 Å². The fourth-order valence-electron chi connectivity index (χ4n) is 2.29. The van der Waals surface area contributed by atoms with E-state index >= 15 is 0 Å². The molecular formula is C12H12N4O4S. The van der Waals surface area contributed by atoms with Crippen molar-refractivity contribution in [2.45, 2.75) is 6.04 Å². The Morgan fingerprint density at radius 1 is 1.57 bits per heavy atom. The average Bonchev–Trinajstić information content (AvgIpc) is 2.89. The number of carboxylic acids is 1. The molecule has 0 saturated carbocycles. The average molecular weight is 308 g/mol. The molecule has 3 rings (SSSR count). The third-order valence-electron chi connectivity index (χ3n) is 3.34. The van der Waals surface area contributed by atoms with Crippen LogP contribution in [0.25, 0.3) is 10.2 Å². The highest BCUT2D eigenvalue weighted by atomic mass is 32.1. The Morgan fingerprint density at radius 2 is 2.38 bits per heavy atom. The lowest BCUT2D eigenvalue weighted by atomic mass is 10.2. The molecule has 0 spiro atoms. The summed E-state index contributed by atoms with van der Waals surface area (Å²) in [5.74, 6) is -0.910. The van der Waals surface area contributed by atoms with Gasteiger partial charge < -0.3 is 15.3 Å². The van der Waals surface area contributed by atoms with Gasteiger partial charge in [0.05, 0.1) is 15.1 Å². The van der Waals surface area contributed by atoms with E-state index < -0.39 is 16.9 Å². The molecule has 2 N–H and O–H groups in total. The Morgan fingerprint density at radius 3 is 3.10 bits per heavy atom. The van der Waals surface area contributed by atoms with Gasteiger partial charge in [-0.25, -0.2) is 9.78 Å². The fourth-order valence-corrected chi connectivity index (χ4v) is 3.32. The summed E-state index contributed by atoms with van der Waals surface area (Å²) in [6, 6.07) is 3.81. The van der Waals surface area contributed by atoms with Crippen LogP contribution in [0.5, 0.6) is 0 Å². The molecule has 2 aromatic rings. The van der Waals surface area contributed by atoms with Gasteiger partial charge >= 0.3 is 5.97 Å². The topological polar surface area (TPSA) is 109 Å². The second-order valence-electron chi connectivity index (χ2n) is 4.66. The minimum absolute atomic E-state index is 0.0190. The molecule has 1 fully saturated rings. The molecule has 1 aliphatic heterocycles. The number of aromatic nitrogens is 1. The number of anilines is 1. The van der Waals surface area contributed by atoms with Gasteiger partial charge in [0.25, 0.3) is 5.69 Å². The van der Waals surface area contributed by atoms with Crippen molar-refractivity contribution in [2.24, 2.45) is 0 Å². The Kier molecular flexibility index (Phi) is 3.43. The van der Waals surface area contributed by atoms with Gasteiger partial charge in [-0.1, -0.05) is 11.3 Å². The summed E-state index contributed by atoms with van der Waals surface area (Å²) in [7, 11) is 0. The molecule has 1 aliphatic rings. The number of nitro benzene ring substituents is 1. The number of nitro groups is 1. The minimum atomic E-state index is -0.910.